The molecular weight excluding hydrogens is 1450 g/mol. The van der Waals surface area contributed by atoms with Gasteiger partial charge in [0.2, 0.25) is 11.5 Å². The molecule has 20 heteroatoms. The molecule has 0 heterocycles. The highest BCUT2D eigenvalue weighted by Crippen LogP contribution is 2.52. The van der Waals surface area contributed by atoms with Crippen LogP contribution in [0.25, 0.3) is 0 Å². The van der Waals surface area contributed by atoms with Gasteiger partial charge in [0.05, 0.1) is 73.8 Å². The number of nitrogens with zero attached hydrogens (tertiary/aromatic N) is 2. The summed E-state index contributed by atoms with van der Waals surface area (Å²) in [4.78, 5) is 85.3. The molecule has 0 radical (unpaired) electrons. The van der Waals surface area contributed by atoms with Gasteiger partial charge in [0.15, 0.2) is 69.1 Å². The second-order valence-corrected chi connectivity index (χ2v) is 30.3. The first-order valence-corrected chi connectivity index (χ1v) is 43.4. The Kier molecular flexibility index (Phi) is 39.3. The van der Waals surface area contributed by atoms with Crippen molar-refractivity contribution >= 4 is 34.5 Å². The van der Waals surface area contributed by atoms with Crippen molar-refractivity contribution in [3.8, 4) is 57.5 Å². The summed E-state index contributed by atoms with van der Waals surface area (Å²) in [6, 6.07) is 18.8. The molecule has 0 N–H and O–H groups in total. The van der Waals surface area contributed by atoms with Gasteiger partial charge in [-0.15, -0.1) is 0 Å². The Labute approximate surface area is 677 Å². The Morgan fingerprint density at radius 1 is 0.254 bits per heavy atom. The third-order valence-electron chi connectivity index (χ3n) is 21.1. The largest absolute Gasteiger partial charge is 0.490 e. The third-order valence-corrected chi connectivity index (χ3v) is 21.1. The predicted octanol–water partition coefficient (Wildman–Crippen LogP) is 24.5. The first kappa shape index (κ1) is 90.3. The van der Waals surface area contributed by atoms with Crippen molar-refractivity contribution < 1.29 is 76.4 Å². The van der Waals surface area contributed by atoms with E-state index in [1.807, 2.05) is 0 Å². The van der Waals surface area contributed by atoms with Gasteiger partial charge in [0, 0.05) is 68.8 Å². The predicted molar refractivity (Wildman–Crippen MR) is 448 cm³/mol. The minimum Gasteiger partial charge on any atom is -0.490 e. The number of fused-ring (bicyclic) bond motifs is 4. The number of carbonyl (C=O) groups excluding carboxylic acids is 4. The number of nitro benzene ring substituents is 2. The van der Waals surface area contributed by atoms with Crippen molar-refractivity contribution in [3.05, 3.63) is 160 Å². The molecule has 0 amide bonds. The summed E-state index contributed by atoms with van der Waals surface area (Å²) in [6.45, 7) is 19.8. The lowest BCUT2D eigenvalue weighted by Gasteiger charge is -2.28. The number of ether oxygens (including phenoxy) is 10. The molecule has 0 atom stereocenters. The number of rotatable bonds is 61. The quantitative estimate of drug-likeness (QED) is 0.0195. The number of benzene rings is 6. The Hall–Kier alpha value is -9.20. The van der Waals surface area contributed by atoms with E-state index in [-0.39, 0.29) is 92.5 Å². The molecule has 2 aliphatic carbocycles. The second-order valence-electron chi connectivity index (χ2n) is 30.3. The molecule has 0 fully saturated rings. The van der Waals surface area contributed by atoms with E-state index >= 15 is 19.2 Å². The zero-order valence-electron chi connectivity index (χ0n) is 69.7. The third kappa shape index (κ3) is 25.6. The molecule has 622 valence electrons. The summed E-state index contributed by atoms with van der Waals surface area (Å²) >= 11 is 0. The van der Waals surface area contributed by atoms with Crippen molar-refractivity contribution in [1.82, 2.24) is 0 Å². The van der Waals surface area contributed by atoms with E-state index in [0.29, 0.717) is 134 Å². The van der Waals surface area contributed by atoms with E-state index in [1.54, 1.807) is 48.5 Å². The summed E-state index contributed by atoms with van der Waals surface area (Å²) in [7, 11) is 0. The number of hydrogen-bond donors (Lipinski definition) is 0. The molecule has 20 nitrogen and oxygen atoms in total. The van der Waals surface area contributed by atoms with Crippen molar-refractivity contribution in [3.63, 3.8) is 0 Å². The maximum absolute atomic E-state index is 15.8. The molecule has 0 bridgehead atoms. The fourth-order valence-electron chi connectivity index (χ4n) is 14.6. The lowest BCUT2D eigenvalue weighted by molar-refractivity contribution is -0.385. The number of unbranched alkanes of at least 4 members (excludes halogenated alkanes) is 25. The minimum atomic E-state index is -0.458. The van der Waals surface area contributed by atoms with Gasteiger partial charge >= 0.3 is 0 Å². The molecule has 8 rings (SSSR count). The lowest BCUT2D eigenvalue weighted by atomic mass is 9.79. The standard InChI is InChI=1S/C94H128N2O18/c1-9-17-35-53-105-77-61-73-81(85(97)75-63-79(107-55-37-19-11-3)91(111-59-41-23-15-7)93(83(75)87(73)99)113-65-67-45-49-69(50-46-67)95(101)102)71(89(77)109-57-39-21-13-5)43-33-31-29-27-25-26-28-30-32-34-44-72-82-74(62-78(106-54-36-18-10-2)90(72)110-58-40-22-14-6)88(100)84-76(86(82)98)64-80(108-56-38-20-12-4)92(112-60-42-24-16-8)94(84)114-66-68-47-51-70(52-48-68)96(103)104/h45-52,61-64H,9-44,53-60,65-66H2,1-8H3. The van der Waals surface area contributed by atoms with Crippen LogP contribution in [-0.2, 0) is 26.1 Å². The Morgan fingerprint density at radius 3 is 0.746 bits per heavy atom. The summed E-state index contributed by atoms with van der Waals surface area (Å²) in [5, 5.41) is 23.3. The van der Waals surface area contributed by atoms with Gasteiger partial charge in [-0.05, 0) is 137 Å². The van der Waals surface area contributed by atoms with Crippen molar-refractivity contribution in [2.75, 3.05) is 52.9 Å². The Balaban J connectivity index is 1.03. The van der Waals surface area contributed by atoms with Crippen LogP contribution in [0.3, 0.4) is 0 Å². The average Bonchev–Trinajstić information content (AvgIpc) is 0.728. The fraction of sp³-hybridized carbons (Fsp3) is 0.574. The number of non-ortho nitro benzene ring substituents is 2. The number of nitro groups is 2. The van der Waals surface area contributed by atoms with Crippen LogP contribution in [0.2, 0.25) is 0 Å². The van der Waals surface area contributed by atoms with Crippen LogP contribution in [0.15, 0.2) is 72.8 Å². The van der Waals surface area contributed by atoms with Crippen LogP contribution in [0.5, 0.6) is 57.5 Å². The average molecular weight is 1570 g/mol. The van der Waals surface area contributed by atoms with Crippen LogP contribution in [0, 0.1) is 20.2 Å². The highest BCUT2D eigenvalue weighted by atomic mass is 16.6. The molecule has 6 aromatic carbocycles. The smallest absolute Gasteiger partial charge is 0.269 e. The molecule has 0 unspecified atom stereocenters. The molecule has 2 aliphatic rings. The maximum Gasteiger partial charge on any atom is 0.269 e. The number of carbonyl (C=O) groups is 4. The molecular formula is C94H128N2O18. The first-order chi connectivity index (χ1) is 55.7. The Morgan fingerprint density at radius 2 is 0.482 bits per heavy atom. The molecule has 6 aromatic rings. The molecule has 0 aliphatic heterocycles. The van der Waals surface area contributed by atoms with Crippen molar-refractivity contribution in [1.29, 1.82) is 0 Å². The topological polar surface area (TPSA) is 247 Å². The highest BCUT2D eigenvalue weighted by molar-refractivity contribution is 6.32. The first-order valence-electron chi connectivity index (χ1n) is 43.4. The van der Waals surface area contributed by atoms with Gasteiger partial charge in [0.25, 0.3) is 11.4 Å². The molecule has 0 saturated carbocycles. The van der Waals surface area contributed by atoms with Gasteiger partial charge in [-0.3, -0.25) is 39.4 Å². The van der Waals surface area contributed by atoms with E-state index in [4.69, 9.17) is 47.4 Å². The van der Waals surface area contributed by atoms with E-state index in [0.717, 1.165) is 218 Å². The fourth-order valence-corrected chi connectivity index (χ4v) is 14.6. The van der Waals surface area contributed by atoms with Gasteiger partial charge in [-0.1, -0.05) is 209 Å². The van der Waals surface area contributed by atoms with Crippen molar-refractivity contribution in [2.24, 2.45) is 0 Å². The number of hydrogen-bond acceptors (Lipinski definition) is 18. The van der Waals surface area contributed by atoms with Gasteiger partial charge in [-0.2, -0.15) is 0 Å². The monoisotopic (exact) mass is 1570 g/mol. The van der Waals surface area contributed by atoms with E-state index < -0.39 is 21.4 Å². The van der Waals surface area contributed by atoms with Gasteiger partial charge in [0.1, 0.15) is 13.2 Å². The molecule has 0 saturated heterocycles. The number of ketones is 4. The van der Waals surface area contributed by atoms with E-state index in [9.17, 15) is 20.2 Å². The van der Waals surface area contributed by atoms with Crippen LogP contribution in [-0.4, -0.2) is 85.8 Å². The molecule has 0 aromatic heterocycles. The van der Waals surface area contributed by atoms with Crippen LogP contribution >= 0.6 is 0 Å². The Bertz CT molecular complexity index is 3790. The maximum atomic E-state index is 15.8. The van der Waals surface area contributed by atoms with Crippen molar-refractivity contribution in [2.45, 2.75) is 300 Å². The lowest BCUT2D eigenvalue weighted by Crippen LogP contribution is -2.25. The summed E-state index contributed by atoms with van der Waals surface area (Å²) < 4.78 is 66.3. The summed E-state index contributed by atoms with van der Waals surface area (Å²) in [5.41, 5.74) is 3.88. The normalized spacial score (nSPS) is 12.1. The molecule has 0 spiro atoms. The summed E-state index contributed by atoms with van der Waals surface area (Å²) in [6.07, 6.45) is 31.6. The zero-order valence-corrected chi connectivity index (χ0v) is 69.7. The van der Waals surface area contributed by atoms with Gasteiger partial charge < -0.3 is 47.4 Å². The van der Waals surface area contributed by atoms with Crippen LogP contribution < -0.4 is 47.4 Å². The SMILES string of the molecule is CCCCCOc1cc2c(c(CCCCCCCCCCCCc3c(OCCCCC)c(OCCCCC)cc4c3C(=O)c3cc(OCCCCC)c(OCCCCC)c(OCc5ccc([N+](=O)[O-])cc5)c3C4=O)c1OCCCCC)C(=O)c1cc(OCCCCC)c(OCCCCC)c(OCc3ccc([N+](=O)[O-])cc3)c1C2=O. The highest BCUT2D eigenvalue weighted by Gasteiger charge is 2.42. The zero-order chi connectivity index (χ0) is 81.4. The van der Waals surface area contributed by atoms with E-state index in [1.165, 1.54) is 24.3 Å². The van der Waals surface area contributed by atoms with Crippen LogP contribution in [0.1, 0.15) is 360 Å². The van der Waals surface area contributed by atoms with Crippen LogP contribution in [0.4, 0.5) is 11.4 Å². The second kappa shape index (κ2) is 49.5. The van der Waals surface area contributed by atoms with Gasteiger partial charge in [-0.25, -0.2) is 0 Å². The minimum absolute atomic E-state index is 0.0668. The van der Waals surface area contributed by atoms with E-state index in [2.05, 4.69) is 55.4 Å². The molecule has 114 heavy (non-hydrogen) atoms. The summed E-state index contributed by atoms with van der Waals surface area (Å²) in [5.74, 6) is 1.64.